The summed E-state index contributed by atoms with van der Waals surface area (Å²) in [7, 11) is 0. The lowest BCUT2D eigenvalue weighted by Crippen LogP contribution is -2.56. The van der Waals surface area contributed by atoms with Crippen LogP contribution >= 0.6 is 0 Å². The maximum absolute atomic E-state index is 6.21. The van der Waals surface area contributed by atoms with Crippen LogP contribution in [-0.2, 0) is 0 Å². The Balaban J connectivity index is 2.14. The second-order valence-electron chi connectivity index (χ2n) is 6.49. The first-order valence-electron chi connectivity index (χ1n) is 7.66. The van der Waals surface area contributed by atoms with E-state index in [9.17, 15) is 0 Å². The summed E-state index contributed by atoms with van der Waals surface area (Å²) in [5.74, 6) is 0.782. The van der Waals surface area contributed by atoms with Crippen LogP contribution in [0.15, 0.2) is 0 Å². The van der Waals surface area contributed by atoms with Crippen LogP contribution in [0.3, 0.4) is 0 Å². The minimum Gasteiger partial charge on any atom is -0.329 e. The Morgan fingerprint density at radius 3 is 2.29 bits per heavy atom. The van der Waals surface area contributed by atoms with Crippen LogP contribution in [0.1, 0.15) is 65.2 Å². The topological polar surface area (TPSA) is 29.3 Å². The molecule has 1 heterocycles. The normalized spacial score (nSPS) is 30.7. The fourth-order valence-electron chi connectivity index (χ4n) is 4.07. The van der Waals surface area contributed by atoms with Crippen LogP contribution in [0.5, 0.6) is 0 Å². The molecule has 0 aromatic carbocycles. The molecule has 0 aromatic heterocycles. The van der Waals surface area contributed by atoms with Crippen LogP contribution in [0.2, 0.25) is 0 Å². The molecule has 17 heavy (non-hydrogen) atoms. The van der Waals surface area contributed by atoms with Crippen molar-refractivity contribution in [1.29, 1.82) is 0 Å². The zero-order valence-corrected chi connectivity index (χ0v) is 11.8. The molecule has 2 fully saturated rings. The van der Waals surface area contributed by atoms with Crippen molar-refractivity contribution >= 4 is 0 Å². The predicted octanol–water partition coefficient (Wildman–Crippen LogP) is 3.16. The Hall–Kier alpha value is -0.0800. The summed E-state index contributed by atoms with van der Waals surface area (Å²) in [5, 5.41) is 0. The number of likely N-dealkylation sites (tertiary alicyclic amines) is 1. The van der Waals surface area contributed by atoms with Crippen molar-refractivity contribution in [2.24, 2.45) is 11.7 Å². The number of hydrogen-bond donors (Lipinski definition) is 1. The smallest absolute Gasteiger partial charge is 0.0334 e. The van der Waals surface area contributed by atoms with E-state index in [0.717, 1.165) is 18.5 Å². The first kappa shape index (κ1) is 13.4. The highest BCUT2D eigenvalue weighted by molar-refractivity contribution is 4.99. The number of rotatable bonds is 3. The van der Waals surface area contributed by atoms with Crippen molar-refractivity contribution in [3.05, 3.63) is 0 Å². The maximum Gasteiger partial charge on any atom is 0.0334 e. The highest BCUT2D eigenvalue weighted by Gasteiger charge is 2.42. The molecule has 2 aliphatic rings. The molecule has 2 heteroatoms. The van der Waals surface area contributed by atoms with Crippen LogP contribution in [0.25, 0.3) is 0 Å². The number of hydrogen-bond acceptors (Lipinski definition) is 2. The van der Waals surface area contributed by atoms with E-state index >= 15 is 0 Å². The van der Waals surface area contributed by atoms with Crippen molar-refractivity contribution in [1.82, 2.24) is 4.90 Å². The largest absolute Gasteiger partial charge is 0.329 e. The zero-order valence-electron chi connectivity index (χ0n) is 11.8. The molecule has 1 saturated carbocycles. The van der Waals surface area contributed by atoms with Gasteiger partial charge in [-0.1, -0.05) is 39.5 Å². The molecule has 2 nitrogen and oxygen atoms in total. The van der Waals surface area contributed by atoms with Gasteiger partial charge >= 0.3 is 0 Å². The summed E-state index contributed by atoms with van der Waals surface area (Å²) in [6.45, 7) is 6.92. The third kappa shape index (κ3) is 2.68. The van der Waals surface area contributed by atoms with Gasteiger partial charge in [0.15, 0.2) is 0 Å². The van der Waals surface area contributed by atoms with E-state index < -0.39 is 0 Å². The van der Waals surface area contributed by atoms with Gasteiger partial charge in [-0.15, -0.1) is 0 Å². The molecule has 0 bridgehead atoms. The minimum atomic E-state index is 0.349. The van der Waals surface area contributed by atoms with E-state index in [1.54, 1.807) is 0 Å². The van der Waals surface area contributed by atoms with E-state index in [-0.39, 0.29) is 0 Å². The Morgan fingerprint density at radius 1 is 1.12 bits per heavy atom. The lowest BCUT2D eigenvalue weighted by Gasteiger charge is -2.45. The van der Waals surface area contributed by atoms with Crippen molar-refractivity contribution < 1.29 is 0 Å². The van der Waals surface area contributed by atoms with Crippen LogP contribution < -0.4 is 5.73 Å². The lowest BCUT2D eigenvalue weighted by molar-refractivity contribution is 0.0469. The summed E-state index contributed by atoms with van der Waals surface area (Å²) < 4.78 is 0. The van der Waals surface area contributed by atoms with Crippen molar-refractivity contribution in [3.8, 4) is 0 Å². The standard InChI is InChI=1S/C15H30N2/c1-13(2)14-8-7-11-17(14)15(12-16)9-5-3-4-6-10-15/h13-14H,3-12,16H2,1-2H3. The van der Waals surface area contributed by atoms with Crippen LogP contribution in [0, 0.1) is 5.92 Å². The molecule has 2 N–H and O–H groups in total. The van der Waals surface area contributed by atoms with Gasteiger partial charge in [-0.2, -0.15) is 0 Å². The molecule has 100 valence electrons. The van der Waals surface area contributed by atoms with Gasteiger partial charge in [0.25, 0.3) is 0 Å². The number of nitrogens with zero attached hydrogens (tertiary/aromatic N) is 1. The lowest BCUT2D eigenvalue weighted by atomic mass is 9.86. The van der Waals surface area contributed by atoms with Crippen LogP contribution in [0.4, 0.5) is 0 Å². The average Bonchev–Trinajstić information content (AvgIpc) is 2.69. The molecule has 0 radical (unpaired) electrons. The molecule has 0 amide bonds. The molecule has 2 rings (SSSR count). The van der Waals surface area contributed by atoms with E-state index in [1.807, 2.05) is 0 Å². The fourth-order valence-corrected chi connectivity index (χ4v) is 4.07. The highest BCUT2D eigenvalue weighted by Crippen LogP contribution is 2.38. The molecule has 0 aromatic rings. The molecule has 1 saturated heterocycles. The third-order valence-electron chi connectivity index (χ3n) is 5.09. The molecule has 1 aliphatic carbocycles. The van der Waals surface area contributed by atoms with Gasteiger partial charge in [-0.05, 0) is 38.1 Å². The van der Waals surface area contributed by atoms with Gasteiger partial charge in [0, 0.05) is 18.1 Å². The van der Waals surface area contributed by atoms with Crippen molar-refractivity contribution in [2.45, 2.75) is 76.8 Å². The zero-order chi connectivity index (χ0) is 12.3. The SMILES string of the molecule is CC(C)C1CCCN1C1(CN)CCCCCC1. The monoisotopic (exact) mass is 238 g/mol. The second-order valence-corrected chi connectivity index (χ2v) is 6.49. The van der Waals surface area contributed by atoms with Gasteiger partial charge in [0.05, 0.1) is 0 Å². The Kier molecular flexibility index (Phi) is 4.48. The van der Waals surface area contributed by atoms with Crippen molar-refractivity contribution in [3.63, 3.8) is 0 Å². The summed E-state index contributed by atoms with van der Waals surface area (Å²) in [6.07, 6.45) is 11.1. The maximum atomic E-state index is 6.21. The number of nitrogens with two attached hydrogens (primary N) is 1. The first-order valence-corrected chi connectivity index (χ1v) is 7.66. The molecule has 0 spiro atoms. The van der Waals surface area contributed by atoms with Crippen LogP contribution in [-0.4, -0.2) is 29.6 Å². The molecular weight excluding hydrogens is 208 g/mol. The quantitative estimate of drug-likeness (QED) is 0.765. The van der Waals surface area contributed by atoms with Gasteiger partial charge in [0.2, 0.25) is 0 Å². The summed E-state index contributed by atoms with van der Waals surface area (Å²) >= 11 is 0. The van der Waals surface area contributed by atoms with Crippen molar-refractivity contribution in [2.75, 3.05) is 13.1 Å². The van der Waals surface area contributed by atoms with Gasteiger partial charge < -0.3 is 5.73 Å². The van der Waals surface area contributed by atoms with E-state index in [1.165, 1.54) is 57.9 Å². The Bertz CT molecular complexity index is 229. The van der Waals surface area contributed by atoms with E-state index in [2.05, 4.69) is 18.7 Å². The fraction of sp³-hybridized carbons (Fsp3) is 1.00. The molecule has 1 unspecified atom stereocenters. The van der Waals surface area contributed by atoms with Gasteiger partial charge in [-0.3, -0.25) is 4.90 Å². The van der Waals surface area contributed by atoms with Gasteiger partial charge in [0.1, 0.15) is 0 Å². The van der Waals surface area contributed by atoms with Gasteiger partial charge in [-0.25, -0.2) is 0 Å². The third-order valence-corrected chi connectivity index (χ3v) is 5.09. The molecular formula is C15H30N2. The average molecular weight is 238 g/mol. The Labute approximate surface area is 107 Å². The predicted molar refractivity (Wildman–Crippen MR) is 74.1 cm³/mol. The minimum absolute atomic E-state index is 0.349. The molecule has 1 atom stereocenters. The highest BCUT2D eigenvalue weighted by atomic mass is 15.3. The van der Waals surface area contributed by atoms with E-state index in [4.69, 9.17) is 5.73 Å². The summed E-state index contributed by atoms with van der Waals surface area (Å²) in [6, 6.07) is 0.789. The molecule has 1 aliphatic heterocycles. The van der Waals surface area contributed by atoms with E-state index in [0.29, 0.717) is 5.54 Å². The summed E-state index contributed by atoms with van der Waals surface area (Å²) in [5.41, 5.74) is 6.56. The second kappa shape index (κ2) is 5.71. The Morgan fingerprint density at radius 2 is 1.76 bits per heavy atom. The summed E-state index contributed by atoms with van der Waals surface area (Å²) in [4.78, 5) is 2.81. The first-order chi connectivity index (χ1) is 8.19.